The molecule has 92 valence electrons. The minimum Gasteiger partial charge on any atom is -0.344 e. The van der Waals surface area contributed by atoms with Gasteiger partial charge in [-0.2, -0.15) is 5.10 Å². The SMILES string of the molecule is C=CC(=O)N[C@@H]1CCCc2cnn(C(C)C)c21. The summed E-state index contributed by atoms with van der Waals surface area (Å²) in [6, 6.07) is 0.397. The van der Waals surface area contributed by atoms with Gasteiger partial charge in [-0.05, 0) is 44.7 Å². The molecule has 1 aromatic heterocycles. The summed E-state index contributed by atoms with van der Waals surface area (Å²) in [6.07, 6.45) is 6.39. The Hall–Kier alpha value is -1.58. The monoisotopic (exact) mass is 233 g/mol. The molecule has 17 heavy (non-hydrogen) atoms. The van der Waals surface area contributed by atoms with Gasteiger partial charge in [0.25, 0.3) is 0 Å². The maximum absolute atomic E-state index is 11.4. The average Bonchev–Trinajstić information content (AvgIpc) is 2.73. The number of rotatable bonds is 3. The van der Waals surface area contributed by atoms with Crippen LogP contribution in [0.15, 0.2) is 18.9 Å². The number of fused-ring (bicyclic) bond motifs is 1. The minimum absolute atomic E-state index is 0.0779. The normalized spacial score (nSPS) is 18.9. The van der Waals surface area contributed by atoms with Gasteiger partial charge in [-0.25, -0.2) is 0 Å². The highest BCUT2D eigenvalue weighted by Crippen LogP contribution is 2.31. The Morgan fingerprint density at radius 2 is 2.47 bits per heavy atom. The van der Waals surface area contributed by atoms with Crippen LogP contribution in [0, 0.1) is 0 Å². The Bertz CT molecular complexity index is 434. The standard InChI is InChI=1S/C13H19N3O/c1-4-12(17)15-11-7-5-6-10-8-14-16(9(2)3)13(10)11/h4,8-9,11H,1,5-7H2,2-3H3,(H,15,17)/t11-/m1/s1. The molecule has 1 aliphatic rings. The molecule has 0 fully saturated rings. The van der Waals surface area contributed by atoms with E-state index in [0.717, 1.165) is 19.3 Å². The van der Waals surface area contributed by atoms with Crippen molar-refractivity contribution >= 4 is 5.91 Å². The van der Waals surface area contributed by atoms with Gasteiger partial charge in [0.05, 0.1) is 17.9 Å². The second-order valence-electron chi connectivity index (χ2n) is 4.75. The van der Waals surface area contributed by atoms with E-state index in [4.69, 9.17) is 0 Å². The Morgan fingerprint density at radius 3 is 3.12 bits per heavy atom. The van der Waals surface area contributed by atoms with Gasteiger partial charge < -0.3 is 5.32 Å². The molecule has 0 saturated heterocycles. The maximum atomic E-state index is 11.4. The van der Waals surface area contributed by atoms with Gasteiger partial charge in [0.2, 0.25) is 5.91 Å². The van der Waals surface area contributed by atoms with Crippen LogP contribution in [0.5, 0.6) is 0 Å². The van der Waals surface area contributed by atoms with Crippen molar-refractivity contribution in [3.8, 4) is 0 Å². The maximum Gasteiger partial charge on any atom is 0.243 e. The molecule has 2 rings (SSSR count). The topological polar surface area (TPSA) is 46.9 Å². The molecule has 1 aliphatic carbocycles. The van der Waals surface area contributed by atoms with Crippen molar-refractivity contribution in [3.05, 3.63) is 30.1 Å². The van der Waals surface area contributed by atoms with E-state index >= 15 is 0 Å². The third kappa shape index (κ3) is 2.25. The number of carbonyl (C=O) groups is 1. The van der Waals surface area contributed by atoms with E-state index < -0.39 is 0 Å². The number of hydrogen-bond donors (Lipinski definition) is 1. The van der Waals surface area contributed by atoms with Crippen molar-refractivity contribution in [2.24, 2.45) is 0 Å². The number of nitrogens with one attached hydrogen (secondary N) is 1. The van der Waals surface area contributed by atoms with Crippen LogP contribution >= 0.6 is 0 Å². The molecule has 0 spiro atoms. The molecule has 1 amide bonds. The van der Waals surface area contributed by atoms with Crippen molar-refractivity contribution in [1.82, 2.24) is 15.1 Å². The lowest BCUT2D eigenvalue weighted by Crippen LogP contribution is -2.31. The summed E-state index contributed by atoms with van der Waals surface area (Å²) in [4.78, 5) is 11.4. The second kappa shape index (κ2) is 4.73. The summed E-state index contributed by atoms with van der Waals surface area (Å²) in [5, 5.41) is 7.41. The first kappa shape index (κ1) is 11.9. The fraction of sp³-hybridized carbons (Fsp3) is 0.538. The summed E-state index contributed by atoms with van der Waals surface area (Å²) in [6.45, 7) is 7.70. The number of aryl methyl sites for hydroxylation is 1. The number of carbonyl (C=O) groups excluding carboxylic acids is 1. The van der Waals surface area contributed by atoms with Crippen molar-refractivity contribution in [1.29, 1.82) is 0 Å². The third-order valence-corrected chi connectivity index (χ3v) is 3.17. The summed E-state index contributed by atoms with van der Waals surface area (Å²) in [5.41, 5.74) is 2.43. The Kier molecular flexibility index (Phi) is 3.31. The lowest BCUT2D eigenvalue weighted by molar-refractivity contribution is -0.117. The van der Waals surface area contributed by atoms with Crippen LogP contribution in [0.4, 0.5) is 0 Å². The zero-order valence-electron chi connectivity index (χ0n) is 10.4. The largest absolute Gasteiger partial charge is 0.344 e. The van der Waals surface area contributed by atoms with Crippen LogP contribution in [-0.2, 0) is 11.2 Å². The molecule has 0 saturated carbocycles. The highest BCUT2D eigenvalue weighted by Gasteiger charge is 2.26. The molecule has 1 N–H and O–H groups in total. The summed E-state index contributed by atoms with van der Waals surface area (Å²) in [7, 11) is 0. The molecule has 0 unspecified atom stereocenters. The molecule has 1 aromatic rings. The second-order valence-corrected chi connectivity index (χ2v) is 4.75. The van der Waals surface area contributed by atoms with Crippen LogP contribution in [0.2, 0.25) is 0 Å². The van der Waals surface area contributed by atoms with E-state index in [-0.39, 0.29) is 11.9 Å². The zero-order valence-corrected chi connectivity index (χ0v) is 10.4. The summed E-state index contributed by atoms with van der Waals surface area (Å²) in [5.74, 6) is -0.112. The highest BCUT2D eigenvalue weighted by molar-refractivity contribution is 5.87. The van der Waals surface area contributed by atoms with E-state index in [1.54, 1.807) is 0 Å². The molecule has 1 atom stereocenters. The van der Waals surface area contributed by atoms with Crippen LogP contribution in [0.3, 0.4) is 0 Å². The van der Waals surface area contributed by atoms with E-state index in [1.165, 1.54) is 17.3 Å². The van der Waals surface area contributed by atoms with Gasteiger partial charge in [-0.15, -0.1) is 0 Å². The van der Waals surface area contributed by atoms with E-state index in [1.807, 2.05) is 10.9 Å². The molecule has 0 aromatic carbocycles. The molecule has 1 heterocycles. The van der Waals surface area contributed by atoms with Crippen LogP contribution in [0.1, 0.15) is 50.0 Å². The van der Waals surface area contributed by atoms with Crippen LogP contribution < -0.4 is 5.32 Å². The van der Waals surface area contributed by atoms with Gasteiger partial charge in [-0.1, -0.05) is 6.58 Å². The molecular weight excluding hydrogens is 214 g/mol. The predicted octanol–water partition coefficient (Wildman–Crippen LogP) is 2.14. The highest BCUT2D eigenvalue weighted by atomic mass is 16.1. The van der Waals surface area contributed by atoms with Crippen LogP contribution in [0.25, 0.3) is 0 Å². The van der Waals surface area contributed by atoms with Crippen molar-refractivity contribution in [2.45, 2.75) is 45.2 Å². The molecular formula is C13H19N3O. The quantitative estimate of drug-likeness (QED) is 0.813. The van der Waals surface area contributed by atoms with E-state index in [2.05, 4.69) is 30.8 Å². The van der Waals surface area contributed by atoms with Gasteiger partial charge >= 0.3 is 0 Å². The van der Waals surface area contributed by atoms with E-state index in [0.29, 0.717) is 6.04 Å². The van der Waals surface area contributed by atoms with Gasteiger partial charge in [0.15, 0.2) is 0 Å². The van der Waals surface area contributed by atoms with E-state index in [9.17, 15) is 4.79 Å². The first-order valence-electron chi connectivity index (χ1n) is 6.12. The number of nitrogens with zero attached hydrogens (tertiary/aromatic N) is 2. The van der Waals surface area contributed by atoms with Crippen molar-refractivity contribution in [3.63, 3.8) is 0 Å². The average molecular weight is 233 g/mol. The fourth-order valence-corrected chi connectivity index (χ4v) is 2.40. The Balaban J connectivity index is 2.31. The van der Waals surface area contributed by atoms with Gasteiger partial charge in [0, 0.05) is 6.04 Å². The number of aromatic nitrogens is 2. The summed E-state index contributed by atoms with van der Waals surface area (Å²) < 4.78 is 2.02. The lowest BCUT2D eigenvalue weighted by Gasteiger charge is -2.26. The molecule has 0 radical (unpaired) electrons. The Morgan fingerprint density at radius 1 is 1.71 bits per heavy atom. The van der Waals surface area contributed by atoms with Crippen molar-refractivity contribution < 1.29 is 4.79 Å². The minimum atomic E-state index is -0.112. The zero-order chi connectivity index (χ0) is 12.4. The Labute approximate surface area is 102 Å². The molecule has 4 heteroatoms. The first-order chi connectivity index (χ1) is 8.13. The smallest absolute Gasteiger partial charge is 0.243 e. The predicted molar refractivity (Wildman–Crippen MR) is 66.6 cm³/mol. The van der Waals surface area contributed by atoms with Crippen molar-refractivity contribution in [2.75, 3.05) is 0 Å². The first-order valence-corrected chi connectivity index (χ1v) is 6.12. The number of amides is 1. The van der Waals surface area contributed by atoms with Gasteiger partial charge in [0.1, 0.15) is 0 Å². The molecule has 0 bridgehead atoms. The van der Waals surface area contributed by atoms with Gasteiger partial charge in [-0.3, -0.25) is 9.48 Å². The number of hydrogen-bond acceptors (Lipinski definition) is 2. The third-order valence-electron chi connectivity index (χ3n) is 3.17. The van der Waals surface area contributed by atoms with Crippen LogP contribution in [-0.4, -0.2) is 15.7 Å². The molecule has 4 nitrogen and oxygen atoms in total. The summed E-state index contributed by atoms with van der Waals surface area (Å²) >= 11 is 0. The fourth-order valence-electron chi connectivity index (χ4n) is 2.40. The molecule has 0 aliphatic heterocycles. The lowest BCUT2D eigenvalue weighted by atomic mass is 9.93.